The van der Waals surface area contributed by atoms with Crippen LogP contribution in [0, 0.1) is 0 Å². The second-order valence-electron chi connectivity index (χ2n) is 6.26. The van der Waals surface area contributed by atoms with Crippen LogP contribution in [0.25, 0.3) is 11.0 Å². The first-order chi connectivity index (χ1) is 11.7. The van der Waals surface area contributed by atoms with Crippen molar-refractivity contribution in [3.63, 3.8) is 0 Å². The molecule has 3 heterocycles. The van der Waals surface area contributed by atoms with Crippen LogP contribution in [0.15, 0.2) is 27.6 Å². The monoisotopic (exact) mass is 410 g/mol. The van der Waals surface area contributed by atoms with Gasteiger partial charge in [-0.05, 0) is 35.0 Å². The Morgan fingerprint density at radius 2 is 2.08 bits per heavy atom. The minimum atomic E-state index is -1.39. The molecule has 0 aromatic carbocycles. The van der Waals surface area contributed by atoms with Gasteiger partial charge in [-0.1, -0.05) is 0 Å². The highest BCUT2D eigenvalue weighted by atomic mass is 79.9. The Hall–Kier alpha value is -2.29. The van der Waals surface area contributed by atoms with E-state index in [-0.39, 0.29) is 30.8 Å². The number of halogens is 2. The first kappa shape index (κ1) is 17.5. The van der Waals surface area contributed by atoms with Crippen LogP contribution in [0.1, 0.15) is 17.3 Å². The average molecular weight is 411 g/mol. The fraction of sp³-hybridized carbons (Fsp3) is 0.375. The second kappa shape index (κ2) is 6.21. The van der Waals surface area contributed by atoms with Crippen LogP contribution in [0.3, 0.4) is 0 Å². The standard InChI is InChI=1S/C16H16BrFN4O3/c1-16(18)7-21(8-16)12(23)6-22-13-9(3-10(17)5-20-13)4-11(15(22)25)14(24)19-2/h3-5H,6-8H2,1-2H3,(H,19,24). The molecule has 2 amide bonds. The van der Waals surface area contributed by atoms with E-state index in [1.165, 1.54) is 31.1 Å². The van der Waals surface area contributed by atoms with Gasteiger partial charge in [-0.3, -0.25) is 19.0 Å². The summed E-state index contributed by atoms with van der Waals surface area (Å²) in [6.45, 7) is 1.10. The maximum Gasteiger partial charge on any atom is 0.265 e. The Bertz CT molecular complexity index is 933. The number of likely N-dealkylation sites (tertiary alicyclic amines) is 1. The molecule has 2 aromatic rings. The summed E-state index contributed by atoms with van der Waals surface area (Å²) in [6.07, 6.45) is 1.50. The molecule has 9 heteroatoms. The molecule has 0 atom stereocenters. The van der Waals surface area contributed by atoms with Gasteiger partial charge in [0.15, 0.2) is 0 Å². The molecule has 0 spiro atoms. The number of hydrogen-bond donors (Lipinski definition) is 1. The number of nitrogens with zero attached hydrogens (tertiary/aromatic N) is 3. The van der Waals surface area contributed by atoms with Crippen molar-refractivity contribution < 1.29 is 14.0 Å². The van der Waals surface area contributed by atoms with Gasteiger partial charge in [0, 0.05) is 23.1 Å². The molecule has 0 saturated carbocycles. The zero-order valence-electron chi connectivity index (χ0n) is 13.7. The third kappa shape index (κ3) is 3.28. The third-order valence-corrected chi connectivity index (χ3v) is 4.49. The molecule has 0 unspecified atom stereocenters. The molecule has 25 heavy (non-hydrogen) atoms. The van der Waals surface area contributed by atoms with Crippen LogP contribution in [0.2, 0.25) is 0 Å². The van der Waals surface area contributed by atoms with E-state index >= 15 is 0 Å². The molecule has 2 aromatic heterocycles. The molecular formula is C16H16BrFN4O3. The molecule has 0 aliphatic carbocycles. The second-order valence-corrected chi connectivity index (χ2v) is 7.17. The van der Waals surface area contributed by atoms with Gasteiger partial charge in [0.1, 0.15) is 23.4 Å². The summed E-state index contributed by atoms with van der Waals surface area (Å²) in [7, 11) is 1.42. The van der Waals surface area contributed by atoms with Crippen molar-refractivity contribution in [2.45, 2.75) is 19.1 Å². The molecule has 1 N–H and O–H groups in total. The van der Waals surface area contributed by atoms with Crippen LogP contribution < -0.4 is 10.9 Å². The molecule has 1 saturated heterocycles. The Kier molecular flexibility index (Phi) is 4.36. The number of rotatable bonds is 3. The number of amides is 2. The van der Waals surface area contributed by atoms with Gasteiger partial charge in [-0.25, -0.2) is 9.37 Å². The Balaban J connectivity index is 2.06. The lowest BCUT2D eigenvalue weighted by molar-refractivity contribution is -0.144. The lowest BCUT2D eigenvalue weighted by atomic mass is 9.99. The van der Waals surface area contributed by atoms with Crippen LogP contribution in [0.5, 0.6) is 0 Å². The Labute approximate surface area is 151 Å². The summed E-state index contributed by atoms with van der Waals surface area (Å²) in [5, 5.41) is 2.95. The van der Waals surface area contributed by atoms with Crippen LogP contribution >= 0.6 is 15.9 Å². The smallest absolute Gasteiger partial charge is 0.265 e. The van der Waals surface area contributed by atoms with Crippen molar-refractivity contribution in [1.82, 2.24) is 19.8 Å². The molecule has 132 valence electrons. The molecule has 1 aliphatic heterocycles. The first-order valence-corrected chi connectivity index (χ1v) is 8.39. The first-order valence-electron chi connectivity index (χ1n) is 7.60. The molecule has 7 nitrogen and oxygen atoms in total. The number of carbonyl (C=O) groups is 2. The molecular weight excluding hydrogens is 395 g/mol. The minimum Gasteiger partial charge on any atom is -0.355 e. The number of carbonyl (C=O) groups excluding carboxylic acids is 2. The van der Waals surface area contributed by atoms with Crippen LogP contribution in [-0.4, -0.2) is 52.1 Å². The van der Waals surface area contributed by atoms with Crippen LogP contribution in [-0.2, 0) is 11.3 Å². The Morgan fingerprint density at radius 3 is 2.68 bits per heavy atom. The van der Waals surface area contributed by atoms with E-state index < -0.39 is 23.0 Å². The number of hydrogen-bond acceptors (Lipinski definition) is 4. The molecule has 3 rings (SSSR count). The SMILES string of the molecule is CNC(=O)c1cc2cc(Br)cnc2n(CC(=O)N2CC(C)(F)C2)c1=O. The predicted molar refractivity (Wildman–Crippen MR) is 93.2 cm³/mol. The van der Waals surface area contributed by atoms with Gasteiger partial charge in [0.2, 0.25) is 5.91 Å². The molecule has 0 radical (unpaired) electrons. The summed E-state index contributed by atoms with van der Waals surface area (Å²) in [6, 6.07) is 3.15. The van der Waals surface area contributed by atoms with Gasteiger partial charge in [0.05, 0.1) is 13.1 Å². The molecule has 1 fully saturated rings. The summed E-state index contributed by atoms with van der Waals surface area (Å²) in [5.74, 6) is -0.939. The normalized spacial score (nSPS) is 15.8. The number of alkyl halides is 1. The fourth-order valence-corrected chi connectivity index (χ4v) is 3.19. The van der Waals surface area contributed by atoms with E-state index in [0.717, 1.165) is 4.57 Å². The lowest BCUT2D eigenvalue weighted by Gasteiger charge is -2.42. The van der Waals surface area contributed by atoms with E-state index in [1.54, 1.807) is 6.07 Å². The van der Waals surface area contributed by atoms with Crippen molar-refractivity contribution in [2.75, 3.05) is 20.1 Å². The van der Waals surface area contributed by atoms with Crippen molar-refractivity contribution in [3.8, 4) is 0 Å². The van der Waals surface area contributed by atoms with Gasteiger partial charge in [0.25, 0.3) is 11.5 Å². The summed E-state index contributed by atoms with van der Waals surface area (Å²) < 4.78 is 15.4. The average Bonchev–Trinajstić information content (AvgIpc) is 2.53. The highest BCUT2D eigenvalue weighted by Crippen LogP contribution is 2.25. The number of pyridine rings is 2. The Morgan fingerprint density at radius 1 is 1.40 bits per heavy atom. The van der Waals surface area contributed by atoms with E-state index in [2.05, 4.69) is 26.2 Å². The van der Waals surface area contributed by atoms with Crippen molar-refractivity contribution >= 4 is 38.8 Å². The molecule has 0 bridgehead atoms. The fourth-order valence-electron chi connectivity index (χ4n) is 2.84. The highest BCUT2D eigenvalue weighted by Gasteiger charge is 2.41. The maximum atomic E-state index is 13.6. The van der Waals surface area contributed by atoms with Crippen molar-refractivity contribution in [2.24, 2.45) is 0 Å². The molecule has 1 aliphatic rings. The van der Waals surface area contributed by atoms with E-state index in [9.17, 15) is 18.8 Å². The zero-order chi connectivity index (χ0) is 18.4. The number of aromatic nitrogens is 2. The summed E-state index contributed by atoms with van der Waals surface area (Å²) in [5.41, 5.74) is -1.80. The maximum absolute atomic E-state index is 13.6. The minimum absolute atomic E-state index is 0.00731. The van der Waals surface area contributed by atoms with Gasteiger partial charge >= 0.3 is 0 Å². The quantitative estimate of drug-likeness (QED) is 0.820. The van der Waals surface area contributed by atoms with E-state index in [1.807, 2.05) is 0 Å². The lowest BCUT2D eigenvalue weighted by Crippen LogP contribution is -2.60. The van der Waals surface area contributed by atoms with Crippen LogP contribution in [0.4, 0.5) is 4.39 Å². The van der Waals surface area contributed by atoms with Gasteiger partial charge in [-0.2, -0.15) is 0 Å². The van der Waals surface area contributed by atoms with E-state index in [0.29, 0.717) is 9.86 Å². The topological polar surface area (TPSA) is 84.3 Å². The summed E-state index contributed by atoms with van der Waals surface area (Å²) >= 11 is 3.29. The largest absolute Gasteiger partial charge is 0.355 e. The summed E-state index contributed by atoms with van der Waals surface area (Å²) in [4.78, 5) is 42.5. The van der Waals surface area contributed by atoms with Crippen molar-refractivity contribution in [3.05, 3.63) is 38.7 Å². The predicted octanol–water partition coefficient (Wildman–Crippen LogP) is 1.09. The number of fused-ring (bicyclic) bond motifs is 1. The van der Waals surface area contributed by atoms with Gasteiger partial charge < -0.3 is 10.2 Å². The van der Waals surface area contributed by atoms with E-state index in [4.69, 9.17) is 0 Å². The third-order valence-electron chi connectivity index (χ3n) is 4.05. The number of nitrogens with one attached hydrogen (secondary N) is 1. The zero-order valence-corrected chi connectivity index (χ0v) is 15.3. The van der Waals surface area contributed by atoms with Gasteiger partial charge in [-0.15, -0.1) is 0 Å². The van der Waals surface area contributed by atoms with Crippen molar-refractivity contribution in [1.29, 1.82) is 0 Å². The highest BCUT2D eigenvalue weighted by molar-refractivity contribution is 9.10.